The van der Waals surface area contributed by atoms with Crippen LogP contribution in [0.5, 0.6) is 0 Å². The van der Waals surface area contributed by atoms with Crippen molar-refractivity contribution in [2.75, 3.05) is 13.2 Å². The Morgan fingerprint density at radius 1 is 1.06 bits per heavy atom. The van der Waals surface area contributed by atoms with Crippen LogP contribution >= 0.6 is 0 Å². The quantitative estimate of drug-likeness (QED) is 0.804. The summed E-state index contributed by atoms with van der Waals surface area (Å²) in [6.07, 6.45) is 3.83. The fourth-order valence-electron chi connectivity index (χ4n) is 3.26. The van der Waals surface area contributed by atoms with Gasteiger partial charge in [-0.05, 0) is 37.0 Å². The second-order valence-electron chi connectivity index (χ2n) is 5.65. The molecule has 0 radical (unpaired) electrons. The molecule has 1 aliphatic carbocycles. The lowest BCUT2D eigenvalue weighted by Crippen LogP contribution is -2.32. The SMILES string of the molecule is CC1CC(C)CC(C(O)CC2OCCO2)C1. The van der Waals surface area contributed by atoms with Crippen molar-refractivity contribution in [2.24, 2.45) is 17.8 Å². The monoisotopic (exact) mass is 228 g/mol. The van der Waals surface area contributed by atoms with Gasteiger partial charge in [0.1, 0.15) is 0 Å². The first-order valence-corrected chi connectivity index (χ1v) is 6.56. The Hall–Kier alpha value is -0.120. The highest BCUT2D eigenvalue weighted by molar-refractivity contribution is 4.80. The molecule has 1 saturated heterocycles. The maximum atomic E-state index is 10.2. The van der Waals surface area contributed by atoms with E-state index < -0.39 is 0 Å². The average molecular weight is 228 g/mol. The van der Waals surface area contributed by atoms with Crippen molar-refractivity contribution < 1.29 is 14.6 Å². The smallest absolute Gasteiger partial charge is 0.160 e. The highest BCUT2D eigenvalue weighted by atomic mass is 16.7. The molecule has 2 fully saturated rings. The zero-order valence-corrected chi connectivity index (χ0v) is 10.4. The van der Waals surface area contributed by atoms with Gasteiger partial charge < -0.3 is 14.6 Å². The molecule has 1 saturated carbocycles. The summed E-state index contributed by atoms with van der Waals surface area (Å²) in [6.45, 7) is 5.93. The van der Waals surface area contributed by atoms with Crippen LogP contribution in [-0.4, -0.2) is 30.7 Å². The molecule has 0 aromatic rings. The van der Waals surface area contributed by atoms with Crippen molar-refractivity contribution in [1.82, 2.24) is 0 Å². The minimum atomic E-state index is -0.256. The molecule has 0 bridgehead atoms. The Labute approximate surface area is 98.1 Å². The maximum absolute atomic E-state index is 10.2. The number of hydrogen-bond acceptors (Lipinski definition) is 3. The van der Waals surface area contributed by atoms with E-state index in [1.54, 1.807) is 0 Å². The zero-order chi connectivity index (χ0) is 11.5. The fourth-order valence-corrected chi connectivity index (χ4v) is 3.26. The summed E-state index contributed by atoms with van der Waals surface area (Å²) in [5.74, 6) is 1.93. The van der Waals surface area contributed by atoms with Crippen LogP contribution in [0, 0.1) is 17.8 Å². The van der Waals surface area contributed by atoms with Gasteiger partial charge in [0, 0.05) is 6.42 Å². The summed E-state index contributed by atoms with van der Waals surface area (Å²) in [4.78, 5) is 0. The molecule has 16 heavy (non-hydrogen) atoms. The third-order valence-electron chi connectivity index (χ3n) is 3.88. The number of aliphatic hydroxyl groups excluding tert-OH is 1. The molecular weight excluding hydrogens is 204 g/mol. The number of hydrogen-bond donors (Lipinski definition) is 1. The molecular formula is C13H24O3. The van der Waals surface area contributed by atoms with E-state index >= 15 is 0 Å². The predicted molar refractivity (Wildman–Crippen MR) is 62.0 cm³/mol. The Balaban J connectivity index is 1.80. The van der Waals surface area contributed by atoms with Crippen molar-refractivity contribution in [2.45, 2.75) is 51.9 Å². The minimum absolute atomic E-state index is 0.164. The van der Waals surface area contributed by atoms with Crippen LogP contribution in [0.15, 0.2) is 0 Å². The predicted octanol–water partition coefficient (Wildman–Crippen LogP) is 2.18. The summed E-state index contributed by atoms with van der Waals surface area (Å²) < 4.78 is 10.8. The van der Waals surface area contributed by atoms with Crippen molar-refractivity contribution in [3.63, 3.8) is 0 Å². The van der Waals surface area contributed by atoms with Gasteiger partial charge in [0.15, 0.2) is 6.29 Å². The van der Waals surface area contributed by atoms with Gasteiger partial charge in [-0.25, -0.2) is 0 Å². The molecule has 0 aromatic heterocycles. The topological polar surface area (TPSA) is 38.7 Å². The Morgan fingerprint density at radius 3 is 2.19 bits per heavy atom. The molecule has 1 aliphatic heterocycles. The molecule has 3 unspecified atom stereocenters. The van der Waals surface area contributed by atoms with Crippen molar-refractivity contribution in [1.29, 1.82) is 0 Å². The maximum Gasteiger partial charge on any atom is 0.160 e. The zero-order valence-electron chi connectivity index (χ0n) is 10.4. The molecule has 2 aliphatic rings. The molecule has 0 amide bonds. The molecule has 0 spiro atoms. The lowest BCUT2D eigenvalue weighted by atomic mass is 9.74. The second-order valence-corrected chi connectivity index (χ2v) is 5.65. The molecule has 3 atom stereocenters. The first-order chi connectivity index (χ1) is 7.65. The molecule has 94 valence electrons. The van der Waals surface area contributed by atoms with E-state index in [1.807, 2.05) is 0 Å². The van der Waals surface area contributed by atoms with Gasteiger partial charge >= 0.3 is 0 Å². The fraction of sp³-hybridized carbons (Fsp3) is 1.00. The van der Waals surface area contributed by atoms with Gasteiger partial charge in [0.05, 0.1) is 19.3 Å². The normalized spacial score (nSPS) is 38.8. The van der Waals surface area contributed by atoms with E-state index in [0.717, 1.165) is 24.7 Å². The molecule has 3 nitrogen and oxygen atoms in total. The Bertz CT molecular complexity index is 203. The lowest BCUT2D eigenvalue weighted by molar-refractivity contribution is -0.0848. The van der Waals surface area contributed by atoms with Crippen LogP contribution in [0.3, 0.4) is 0 Å². The van der Waals surface area contributed by atoms with Gasteiger partial charge in [-0.2, -0.15) is 0 Å². The number of ether oxygens (including phenoxy) is 2. The number of aliphatic hydroxyl groups is 1. The van der Waals surface area contributed by atoms with Gasteiger partial charge in [0.2, 0.25) is 0 Å². The Kier molecular flexibility index (Phi) is 4.22. The summed E-state index contributed by atoms with van der Waals surface area (Å²) >= 11 is 0. The molecule has 0 aromatic carbocycles. The van der Waals surface area contributed by atoms with Crippen LogP contribution in [0.25, 0.3) is 0 Å². The summed E-state index contributed by atoms with van der Waals surface area (Å²) in [5.41, 5.74) is 0. The standard InChI is InChI=1S/C13H24O3/c1-9-5-10(2)7-11(6-9)12(14)8-13-15-3-4-16-13/h9-14H,3-8H2,1-2H3. The van der Waals surface area contributed by atoms with Crippen molar-refractivity contribution >= 4 is 0 Å². The molecule has 3 heteroatoms. The van der Waals surface area contributed by atoms with E-state index in [0.29, 0.717) is 25.6 Å². The van der Waals surface area contributed by atoms with Crippen LogP contribution in [0.1, 0.15) is 39.5 Å². The van der Waals surface area contributed by atoms with Crippen molar-refractivity contribution in [3.05, 3.63) is 0 Å². The third kappa shape index (κ3) is 3.19. The van der Waals surface area contributed by atoms with E-state index in [1.165, 1.54) is 6.42 Å². The van der Waals surface area contributed by atoms with E-state index in [4.69, 9.17) is 9.47 Å². The van der Waals surface area contributed by atoms with E-state index in [9.17, 15) is 5.11 Å². The molecule has 1 heterocycles. The third-order valence-corrected chi connectivity index (χ3v) is 3.88. The first-order valence-electron chi connectivity index (χ1n) is 6.56. The van der Waals surface area contributed by atoms with Gasteiger partial charge in [-0.15, -0.1) is 0 Å². The van der Waals surface area contributed by atoms with E-state index in [-0.39, 0.29) is 12.4 Å². The average Bonchev–Trinajstić information content (AvgIpc) is 2.68. The van der Waals surface area contributed by atoms with Gasteiger partial charge in [-0.1, -0.05) is 13.8 Å². The highest BCUT2D eigenvalue weighted by Crippen LogP contribution is 2.36. The van der Waals surface area contributed by atoms with Crippen molar-refractivity contribution in [3.8, 4) is 0 Å². The Morgan fingerprint density at radius 2 is 1.62 bits per heavy atom. The van der Waals surface area contributed by atoms with Crippen LogP contribution < -0.4 is 0 Å². The first kappa shape index (κ1) is 12.3. The summed E-state index contributed by atoms with van der Waals surface area (Å²) in [5, 5.41) is 10.2. The van der Waals surface area contributed by atoms with Gasteiger partial charge in [-0.3, -0.25) is 0 Å². The van der Waals surface area contributed by atoms with Crippen LogP contribution in [-0.2, 0) is 9.47 Å². The lowest BCUT2D eigenvalue weighted by Gasteiger charge is -2.34. The van der Waals surface area contributed by atoms with E-state index in [2.05, 4.69) is 13.8 Å². The van der Waals surface area contributed by atoms with Crippen LogP contribution in [0.4, 0.5) is 0 Å². The second kappa shape index (κ2) is 5.48. The molecule has 1 N–H and O–H groups in total. The molecule has 2 rings (SSSR count). The highest BCUT2D eigenvalue weighted by Gasteiger charge is 2.31. The summed E-state index contributed by atoms with van der Waals surface area (Å²) in [6, 6.07) is 0. The van der Waals surface area contributed by atoms with Gasteiger partial charge in [0.25, 0.3) is 0 Å². The van der Waals surface area contributed by atoms with Crippen LogP contribution in [0.2, 0.25) is 0 Å². The number of rotatable bonds is 3. The summed E-state index contributed by atoms with van der Waals surface area (Å²) in [7, 11) is 0. The largest absolute Gasteiger partial charge is 0.393 e. The minimum Gasteiger partial charge on any atom is -0.393 e.